The molecule has 0 radical (unpaired) electrons. The average molecular weight is 343 g/mol. The van der Waals surface area contributed by atoms with Crippen molar-refractivity contribution < 1.29 is 23.9 Å². The first-order valence-corrected chi connectivity index (χ1v) is 7.88. The van der Waals surface area contributed by atoms with E-state index in [1.165, 1.54) is 12.1 Å². The van der Waals surface area contributed by atoms with Gasteiger partial charge in [0.1, 0.15) is 6.61 Å². The van der Waals surface area contributed by atoms with E-state index in [0.717, 1.165) is 6.42 Å². The number of benzene rings is 2. The lowest BCUT2D eigenvalue weighted by Crippen LogP contribution is -2.19. The van der Waals surface area contributed by atoms with Gasteiger partial charge in [-0.2, -0.15) is 0 Å². The van der Waals surface area contributed by atoms with Crippen molar-refractivity contribution in [3.05, 3.63) is 75.3 Å². The molecule has 2 aromatic carbocycles. The predicted octanol–water partition coefficient (Wildman–Crippen LogP) is 3.39. The molecule has 0 atom stereocenters. The number of nitrogens with zero attached hydrogens (tertiary/aromatic N) is 1. The van der Waals surface area contributed by atoms with Crippen LogP contribution in [0.25, 0.3) is 0 Å². The summed E-state index contributed by atoms with van der Waals surface area (Å²) in [5.74, 6) is -0.497. The van der Waals surface area contributed by atoms with Crippen LogP contribution < -0.4 is 0 Å². The molecule has 0 unspecified atom stereocenters. The van der Waals surface area contributed by atoms with E-state index in [0.29, 0.717) is 29.9 Å². The van der Waals surface area contributed by atoms with E-state index in [2.05, 4.69) is 0 Å². The standard InChI is InChI=1S/C18H17NO6/c20-17(13-5-2-1-3-6-13)25-12-14-11-15(19(21)22)7-8-16(14)18-23-9-4-10-24-18/h1-3,5-8,11,18H,4,9-10,12H2. The van der Waals surface area contributed by atoms with E-state index in [4.69, 9.17) is 14.2 Å². The minimum atomic E-state index is -0.611. The number of esters is 1. The summed E-state index contributed by atoms with van der Waals surface area (Å²) in [7, 11) is 0. The van der Waals surface area contributed by atoms with Crippen molar-refractivity contribution in [2.24, 2.45) is 0 Å². The van der Waals surface area contributed by atoms with Crippen molar-refractivity contribution in [2.45, 2.75) is 19.3 Å². The van der Waals surface area contributed by atoms with E-state index in [1.807, 2.05) is 0 Å². The van der Waals surface area contributed by atoms with Crippen LogP contribution in [0.1, 0.15) is 34.2 Å². The second-order valence-electron chi connectivity index (χ2n) is 5.51. The number of nitro groups is 1. The quantitative estimate of drug-likeness (QED) is 0.470. The molecule has 1 aliphatic rings. The fourth-order valence-corrected chi connectivity index (χ4v) is 2.53. The maximum atomic E-state index is 12.1. The molecule has 1 saturated heterocycles. The molecule has 0 N–H and O–H groups in total. The lowest BCUT2D eigenvalue weighted by molar-refractivity contribution is -0.385. The van der Waals surface area contributed by atoms with E-state index in [1.54, 1.807) is 36.4 Å². The Bertz CT molecular complexity index is 755. The zero-order valence-electron chi connectivity index (χ0n) is 13.4. The number of rotatable bonds is 5. The highest BCUT2D eigenvalue weighted by atomic mass is 16.7. The smallest absolute Gasteiger partial charge is 0.338 e. The van der Waals surface area contributed by atoms with Crippen LogP contribution in [-0.2, 0) is 20.8 Å². The molecule has 7 heteroatoms. The molecule has 0 saturated carbocycles. The highest BCUT2D eigenvalue weighted by Crippen LogP contribution is 2.29. The molecule has 1 aliphatic heterocycles. The highest BCUT2D eigenvalue weighted by Gasteiger charge is 2.22. The molecule has 0 bridgehead atoms. The Balaban J connectivity index is 1.80. The van der Waals surface area contributed by atoms with Crippen LogP contribution in [0.5, 0.6) is 0 Å². The fourth-order valence-electron chi connectivity index (χ4n) is 2.53. The summed E-state index contributed by atoms with van der Waals surface area (Å²) in [6.07, 6.45) is 0.182. The number of hydrogen-bond donors (Lipinski definition) is 0. The molecule has 1 fully saturated rings. The van der Waals surface area contributed by atoms with Crippen LogP contribution in [-0.4, -0.2) is 24.1 Å². The molecule has 7 nitrogen and oxygen atoms in total. The van der Waals surface area contributed by atoms with E-state index < -0.39 is 17.2 Å². The van der Waals surface area contributed by atoms with Gasteiger partial charge in [0, 0.05) is 23.3 Å². The first-order chi connectivity index (χ1) is 12.1. The van der Waals surface area contributed by atoms with Gasteiger partial charge in [-0.1, -0.05) is 18.2 Å². The van der Waals surface area contributed by atoms with Crippen molar-refractivity contribution in [3.8, 4) is 0 Å². The monoisotopic (exact) mass is 343 g/mol. The summed E-state index contributed by atoms with van der Waals surface area (Å²) < 4.78 is 16.4. The number of hydrogen-bond acceptors (Lipinski definition) is 6. The molecular formula is C18H17NO6. The van der Waals surface area contributed by atoms with Crippen molar-refractivity contribution >= 4 is 11.7 Å². The maximum Gasteiger partial charge on any atom is 0.338 e. The van der Waals surface area contributed by atoms with Crippen LogP contribution in [0.15, 0.2) is 48.5 Å². The van der Waals surface area contributed by atoms with Crippen LogP contribution in [0, 0.1) is 10.1 Å². The molecule has 2 aromatic rings. The lowest BCUT2D eigenvalue weighted by Gasteiger charge is -2.25. The summed E-state index contributed by atoms with van der Waals surface area (Å²) in [5, 5.41) is 11.0. The molecule has 0 spiro atoms. The van der Waals surface area contributed by atoms with E-state index >= 15 is 0 Å². The van der Waals surface area contributed by atoms with Gasteiger partial charge in [-0.05, 0) is 24.6 Å². The molecule has 3 rings (SSSR count). The van der Waals surface area contributed by atoms with Crippen molar-refractivity contribution in [3.63, 3.8) is 0 Å². The molecular weight excluding hydrogens is 326 g/mol. The second kappa shape index (κ2) is 7.87. The van der Waals surface area contributed by atoms with Gasteiger partial charge in [-0.15, -0.1) is 0 Å². The minimum absolute atomic E-state index is 0.0784. The summed E-state index contributed by atoms with van der Waals surface area (Å²) in [4.78, 5) is 22.7. The van der Waals surface area contributed by atoms with Crippen LogP contribution in [0.4, 0.5) is 5.69 Å². The third-order valence-corrected chi connectivity index (χ3v) is 3.79. The molecule has 130 valence electrons. The van der Waals surface area contributed by atoms with Crippen LogP contribution in [0.3, 0.4) is 0 Å². The number of carbonyl (C=O) groups is 1. The van der Waals surface area contributed by atoms with Gasteiger partial charge in [0.05, 0.1) is 23.7 Å². The summed E-state index contributed by atoms with van der Waals surface area (Å²) in [6, 6.07) is 12.9. The lowest BCUT2D eigenvalue weighted by atomic mass is 10.1. The molecule has 0 aromatic heterocycles. The normalized spacial score (nSPS) is 14.9. The van der Waals surface area contributed by atoms with Crippen molar-refractivity contribution in [1.82, 2.24) is 0 Å². The minimum Gasteiger partial charge on any atom is -0.457 e. The number of ether oxygens (including phenoxy) is 3. The Morgan fingerprint density at radius 3 is 2.56 bits per heavy atom. The third-order valence-electron chi connectivity index (χ3n) is 3.79. The predicted molar refractivity (Wildman–Crippen MR) is 87.9 cm³/mol. The Morgan fingerprint density at radius 2 is 1.88 bits per heavy atom. The van der Waals surface area contributed by atoms with E-state index in [9.17, 15) is 14.9 Å². The van der Waals surface area contributed by atoms with Gasteiger partial charge in [0.2, 0.25) is 0 Å². The highest BCUT2D eigenvalue weighted by molar-refractivity contribution is 5.89. The number of carbonyl (C=O) groups excluding carboxylic acids is 1. The van der Waals surface area contributed by atoms with Crippen LogP contribution in [0.2, 0.25) is 0 Å². The summed E-state index contributed by atoms with van der Waals surface area (Å²) >= 11 is 0. The molecule has 0 amide bonds. The topological polar surface area (TPSA) is 87.9 Å². The largest absolute Gasteiger partial charge is 0.457 e. The molecule has 1 heterocycles. The Hall–Kier alpha value is -2.77. The number of non-ortho nitro benzene ring substituents is 1. The van der Waals surface area contributed by atoms with Gasteiger partial charge in [-0.25, -0.2) is 4.79 Å². The third kappa shape index (κ3) is 4.20. The van der Waals surface area contributed by atoms with Gasteiger partial charge in [0.25, 0.3) is 5.69 Å². The Morgan fingerprint density at radius 1 is 1.16 bits per heavy atom. The van der Waals surface area contributed by atoms with Crippen molar-refractivity contribution in [1.29, 1.82) is 0 Å². The average Bonchev–Trinajstić information content (AvgIpc) is 2.67. The number of nitro benzene ring substituents is 1. The molecule has 0 aliphatic carbocycles. The summed E-state index contributed by atoms with van der Waals surface area (Å²) in [5.41, 5.74) is 1.46. The molecule has 25 heavy (non-hydrogen) atoms. The van der Waals surface area contributed by atoms with Crippen LogP contribution >= 0.6 is 0 Å². The fraction of sp³-hybridized carbons (Fsp3) is 0.278. The first-order valence-electron chi connectivity index (χ1n) is 7.88. The van der Waals surface area contributed by atoms with Gasteiger partial charge in [0.15, 0.2) is 6.29 Å². The van der Waals surface area contributed by atoms with Crippen molar-refractivity contribution in [2.75, 3.05) is 13.2 Å². The zero-order valence-corrected chi connectivity index (χ0v) is 13.4. The van der Waals surface area contributed by atoms with E-state index in [-0.39, 0.29) is 12.3 Å². The SMILES string of the molecule is O=C(OCc1cc([N+](=O)[O-])ccc1C1OCCCO1)c1ccccc1. The first kappa shape index (κ1) is 17.1. The van der Waals surface area contributed by atoms with Gasteiger partial charge in [-0.3, -0.25) is 10.1 Å². The second-order valence-corrected chi connectivity index (χ2v) is 5.51. The zero-order chi connectivity index (χ0) is 17.6. The summed E-state index contributed by atoms with van der Waals surface area (Å²) in [6.45, 7) is 0.990. The Labute approximate surface area is 144 Å². The Kier molecular flexibility index (Phi) is 5.37. The maximum absolute atomic E-state index is 12.1. The van der Waals surface area contributed by atoms with Gasteiger partial charge < -0.3 is 14.2 Å². The van der Waals surface area contributed by atoms with Gasteiger partial charge >= 0.3 is 5.97 Å².